The van der Waals surface area contributed by atoms with Crippen molar-refractivity contribution in [3.63, 3.8) is 0 Å². The molecule has 1 fully saturated rings. The predicted molar refractivity (Wildman–Crippen MR) is 69.9 cm³/mol. The lowest BCUT2D eigenvalue weighted by Crippen LogP contribution is -2.43. The Kier molecular flexibility index (Phi) is 4.02. The van der Waals surface area contributed by atoms with Gasteiger partial charge < -0.3 is 10.8 Å². The molecular formula is C14H22N2O. The van der Waals surface area contributed by atoms with E-state index in [0.29, 0.717) is 18.3 Å². The summed E-state index contributed by atoms with van der Waals surface area (Å²) in [6.07, 6.45) is 3.85. The Hall–Kier alpha value is -1.06. The van der Waals surface area contributed by atoms with E-state index in [2.05, 4.69) is 11.8 Å². The summed E-state index contributed by atoms with van der Waals surface area (Å²) < 4.78 is 0. The first-order chi connectivity index (χ1) is 8.22. The summed E-state index contributed by atoms with van der Waals surface area (Å²) in [4.78, 5) is 2.50. The molecule has 0 bridgehead atoms. The zero-order valence-corrected chi connectivity index (χ0v) is 10.5. The number of phenols is 1. The second-order valence-electron chi connectivity index (χ2n) is 4.93. The Balaban J connectivity index is 2.17. The molecule has 17 heavy (non-hydrogen) atoms. The maximum absolute atomic E-state index is 9.33. The number of likely N-dealkylation sites (tertiary alicyclic amines) is 1. The molecule has 0 aliphatic carbocycles. The fourth-order valence-electron chi connectivity index (χ4n) is 2.74. The molecule has 3 nitrogen and oxygen atoms in total. The third kappa shape index (κ3) is 2.79. The number of nitrogens with zero attached hydrogens (tertiary/aromatic N) is 1. The van der Waals surface area contributed by atoms with Crippen LogP contribution in [0.4, 0.5) is 0 Å². The van der Waals surface area contributed by atoms with Crippen molar-refractivity contribution in [2.75, 3.05) is 13.1 Å². The molecule has 0 aromatic heterocycles. The lowest BCUT2D eigenvalue weighted by atomic mass is 9.97. The second-order valence-corrected chi connectivity index (χ2v) is 4.93. The molecule has 1 aliphatic heterocycles. The SMILES string of the molecule is CC1CCCCN1C(CN)c1ccc(O)cc1. The molecule has 3 heteroatoms. The quantitative estimate of drug-likeness (QED) is 0.843. The Bertz CT molecular complexity index is 350. The Morgan fingerprint density at radius 3 is 2.65 bits per heavy atom. The number of benzene rings is 1. The number of piperidine rings is 1. The number of rotatable bonds is 3. The van der Waals surface area contributed by atoms with E-state index in [0.717, 1.165) is 6.54 Å². The molecule has 1 aromatic carbocycles. The number of phenolic OH excluding ortho intramolecular Hbond substituents is 1. The lowest BCUT2D eigenvalue weighted by Gasteiger charge is -2.39. The molecular weight excluding hydrogens is 212 g/mol. The molecule has 94 valence electrons. The van der Waals surface area contributed by atoms with Gasteiger partial charge in [-0.3, -0.25) is 4.90 Å². The summed E-state index contributed by atoms with van der Waals surface area (Å²) >= 11 is 0. The highest BCUT2D eigenvalue weighted by molar-refractivity contribution is 5.28. The van der Waals surface area contributed by atoms with Gasteiger partial charge in [-0.2, -0.15) is 0 Å². The normalized spacial score (nSPS) is 23.5. The average molecular weight is 234 g/mol. The summed E-state index contributed by atoms with van der Waals surface area (Å²) in [5.74, 6) is 0.316. The lowest BCUT2D eigenvalue weighted by molar-refractivity contribution is 0.109. The third-order valence-corrected chi connectivity index (χ3v) is 3.76. The van der Waals surface area contributed by atoms with Gasteiger partial charge in [0.2, 0.25) is 0 Å². The van der Waals surface area contributed by atoms with Crippen LogP contribution in [0.15, 0.2) is 24.3 Å². The van der Waals surface area contributed by atoms with Crippen LogP contribution >= 0.6 is 0 Å². The summed E-state index contributed by atoms with van der Waals surface area (Å²) in [6, 6.07) is 8.33. The first kappa shape index (κ1) is 12.4. The van der Waals surface area contributed by atoms with Crippen molar-refractivity contribution in [3.05, 3.63) is 29.8 Å². The van der Waals surface area contributed by atoms with Gasteiger partial charge in [-0.1, -0.05) is 18.6 Å². The molecule has 0 radical (unpaired) electrons. The minimum absolute atomic E-state index is 0.283. The number of hydrogen-bond donors (Lipinski definition) is 2. The average Bonchev–Trinajstić information content (AvgIpc) is 2.35. The summed E-state index contributed by atoms with van der Waals surface area (Å²) in [5.41, 5.74) is 7.14. The standard InChI is InChI=1S/C14H22N2O/c1-11-4-2-3-9-16(11)14(10-15)12-5-7-13(17)8-6-12/h5-8,11,14,17H,2-4,9-10,15H2,1H3. The van der Waals surface area contributed by atoms with Crippen molar-refractivity contribution in [2.24, 2.45) is 5.73 Å². The second kappa shape index (κ2) is 5.52. The van der Waals surface area contributed by atoms with Gasteiger partial charge in [0.1, 0.15) is 5.75 Å². The highest BCUT2D eigenvalue weighted by atomic mass is 16.3. The fourth-order valence-corrected chi connectivity index (χ4v) is 2.74. The van der Waals surface area contributed by atoms with Crippen LogP contribution in [0.1, 0.15) is 37.8 Å². The van der Waals surface area contributed by atoms with E-state index < -0.39 is 0 Å². The van der Waals surface area contributed by atoms with Crippen LogP contribution in [-0.2, 0) is 0 Å². The topological polar surface area (TPSA) is 49.5 Å². The monoisotopic (exact) mass is 234 g/mol. The van der Waals surface area contributed by atoms with E-state index in [-0.39, 0.29) is 6.04 Å². The van der Waals surface area contributed by atoms with Crippen molar-refractivity contribution in [1.29, 1.82) is 0 Å². The number of hydrogen-bond acceptors (Lipinski definition) is 3. The first-order valence-corrected chi connectivity index (χ1v) is 6.47. The molecule has 0 spiro atoms. The molecule has 2 atom stereocenters. The van der Waals surface area contributed by atoms with Crippen molar-refractivity contribution in [2.45, 2.75) is 38.3 Å². The van der Waals surface area contributed by atoms with E-state index in [9.17, 15) is 5.11 Å². The Labute approximate surface area is 103 Å². The van der Waals surface area contributed by atoms with Gasteiger partial charge in [0.25, 0.3) is 0 Å². The van der Waals surface area contributed by atoms with Crippen LogP contribution in [0.5, 0.6) is 5.75 Å². The van der Waals surface area contributed by atoms with Crippen LogP contribution in [0.3, 0.4) is 0 Å². The molecule has 1 aliphatic rings. The van der Waals surface area contributed by atoms with Crippen LogP contribution in [0, 0.1) is 0 Å². The fraction of sp³-hybridized carbons (Fsp3) is 0.571. The largest absolute Gasteiger partial charge is 0.508 e. The predicted octanol–water partition coefficient (Wildman–Crippen LogP) is 2.27. The number of aromatic hydroxyl groups is 1. The van der Waals surface area contributed by atoms with Gasteiger partial charge in [-0.25, -0.2) is 0 Å². The maximum Gasteiger partial charge on any atom is 0.115 e. The van der Waals surface area contributed by atoms with Crippen molar-refractivity contribution < 1.29 is 5.11 Å². The zero-order valence-electron chi connectivity index (χ0n) is 10.5. The van der Waals surface area contributed by atoms with Crippen molar-refractivity contribution in [1.82, 2.24) is 4.90 Å². The molecule has 1 saturated heterocycles. The summed E-state index contributed by atoms with van der Waals surface area (Å²) in [6.45, 7) is 4.04. The van der Waals surface area contributed by atoms with Gasteiger partial charge in [0, 0.05) is 18.6 Å². The number of nitrogens with two attached hydrogens (primary N) is 1. The Morgan fingerprint density at radius 1 is 1.35 bits per heavy atom. The van der Waals surface area contributed by atoms with Gasteiger partial charge in [0.15, 0.2) is 0 Å². The summed E-state index contributed by atoms with van der Waals surface area (Å²) in [7, 11) is 0. The summed E-state index contributed by atoms with van der Waals surface area (Å²) in [5, 5.41) is 9.33. The van der Waals surface area contributed by atoms with E-state index in [1.807, 2.05) is 12.1 Å². The van der Waals surface area contributed by atoms with E-state index in [1.165, 1.54) is 24.8 Å². The minimum Gasteiger partial charge on any atom is -0.508 e. The smallest absolute Gasteiger partial charge is 0.115 e. The van der Waals surface area contributed by atoms with E-state index in [4.69, 9.17) is 5.73 Å². The Morgan fingerprint density at radius 2 is 2.06 bits per heavy atom. The molecule has 1 aromatic rings. The van der Waals surface area contributed by atoms with E-state index >= 15 is 0 Å². The molecule has 1 heterocycles. The van der Waals surface area contributed by atoms with Gasteiger partial charge in [-0.15, -0.1) is 0 Å². The van der Waals surface area contributed by atoms with Crippen LogP contribution in [0.2, 0.25) is 0 Å². The molecule has 0 saturated carbocycles. The third-order valence-electron chi connectivity index (χ3n) is 3.76. The maximum atomic E-state index is 9.33. The molecule has 3 N–H and O–H groups in total. The van der Waals surface area contributed by atoms with Crippen LogP contribution in [0.25, 0.3) is 0 Å². The van der Waals surface area contributed by atoms with Crippen molar-refractivity contribution in [3.8, 4) is 5.75 Å². The minimum atomic E-state index is 0.283. The first-order valence-electron chi connectivity index (χ1n) is 6.47. The molecule has 2 unspecified atom stereocenters. The highest BCUT2D eigenvalue weighted by Crippen LogP contribution is 2.28. The van der Waals surface area contributed by atoms with Crippen LogP contribution < -0.4 is 5.73 Å². The van der Waals surface area contributed by atoms with Gasteiger partial charge in [0.05, 0.1) is 0 Å². The molecule has 0 amide bonds. The highest BCUT2D eigenvalue weighted by Gasteiger charge is 2.26. The van der Waals surface area contributed by atoms with Crippen molar-refractivity contribution >= 4 is 0 Å². The molecule has 2 rings (SSSR count). The van der Waals surface area contributed by atoms with Gasteiger partial charge >= 0.3 is 0 Å². The van der Waals surface area contributed by atoms with Gasteiger partial charge in [-0.05, 0) is 44.0 Å². The van der Waals surface area contributed by atoms with E-state index in [1.54, 1.807) is 12.1 Å². The zero-order chi connectivity index (χ0) is 12.3. The van der Waals surface area contributed by atoms with Crippen LogP contribution in [-0.4, -0.2) is 29.1 Å².